The van der Waals surface area contributed by atoms with Crippen molar-refractivity contribution in [3.8, 4) is 0 Å². The van der Waals surface area contributed by atoms with E-state index in [1.807, 2.05) is 0 Å². The third kappa shape index (κ3) is 3.47. The molecular formula is C13H7BrCl2FNO. The van der Waals surface area contributed by atoms with E-state index in [1.54, 1.807) is 12.1 Å². The lowest BCUT2D eigenvalue weighted by molar-refractivity contribution is 0.102. The van der Waals surface area contributed by atoms with Crippen molar-refractivity contribution in [1.29, 1.82) is 0 Å². The topological polar surface area (TPSA) is 29.1 Å². The smallest absolute Gasteiger partial charge is 0.255 e. The first kappa shape index (κ1) is 14.3. The lowest BCUT2D eigenvalue weighted by Gasteiger charge is -2.08. The van der Waals surface area contributed by atoms with Crippen LogP contribution in [0.25, 0.3) is 0 Å². The molecule has 19 heavy (non-hydrogen) atoms. The van der Waals surface area contributed by atoms with E-state index < -0.39 is 11.7 Å². The van der Waals surface area contributed by atoms with Crippen LogP contribution in [0.15, 0.2) is 40.9 Å². The minimum atomic E-state index is -0.509. The molecule has 98 valence electrons. The Kier molecular flexibility index (Phi) is 4.45. The lowest BCUT2D eigenvalue weighted by Crippen LogP contribution is -2.12. The molecule has 0 aliphatic carbocycles. The predicted octanol–water partition coefficient (Wildman–Crippen LogP) is 5.15. The van der Waals surface area contributed by atoms with E-state index in [2.05, 4.69) is 21.2 Å². The molecule has 0 spiro atoms. The van der Waals surface area contributed by atoms with Gasteiger partial charge in [-0.25, -0.2) is 4.39 Å². The molecule has 0 saturated heterocycles. The maximum atomic E-state index is 13.3. The van der Waals surface area contributed by atoms with Crippen molar-refractivity contribution in [3.05, 3.63) is 62.3 Å². The summed E-state index contributed by atoms with van der Waals surface area (Å²) in [6.07, 6.45) is 0. The highest BCUT2D eigenvalue weighted by Crippen LogP contribution is 2.26. The number of carbonyl (C=O) groups is 1. The zero-order valence-corrected chi connectivity index (χ0v) is 12.5. The molecule has 0 radical (unpaired) electrons. The average molecular weight is 363 g/mol. The standard InChI is InChI=1S/C13H7BrCl2FNO/c14-9-3-1-7(5-11(9)17)13(19)18-12-6-8(15)2-4-10(12)16/h1-6H,(H,18,19). The number of nitrogens with one attached hydrogen (secondary N) is 1. The highest BCUT2D eigenvalue weighted by atomic mass is 79.9. The van der Waals surface area contributed by atoms with Crippen molar-refractivity contribution < 1.29 is 9.18 Å². The van der Waals surface area contributed by atoms with Crippen molar-refractivity contribution in [2.75, 3.05) is 5.32 Å². The van der Waals surface area contributed by atoms with Crippen LogP contribution in [-0.4, -0.2) is 5.91 Å². The van der Waals surface area contributed by atoms with Gasteiger partial charge in [0.1, 0.15) is 5.82 Å². The SMILES string of the molecule is O=C(Nc1cc(Cl)ccc1Cl)c1ccc(Br)c(F)c1. The molecule has 2 aromatic carbocycles. The van der Waals surface area contributed by atoms with Crippen molar-refractivity contribution in [2.24, 2.45) is 0 Å². The predicted molar refractivity (Wildman–Crippen MR) is 78.5 cm³/mol. The van der Waals surface area contributed by atoms with Gasteiger partial charge in [-0.15, -0.1) is 0 Å². The van der Waals surface area contributed by atoms with Gasteiger partial charge in [-0.05, 0) is 52.3 Å². The quantitative estimate of drug-likeness (QED) is 0.786. The van der Waals surface area contributed by atoms with E-state index in [4.69, 9.17) is 23.2 Å². The number of hydrogen-bond donors (Lipinski definition) is 1. The number of halogens is 4. The summed E-state index contributed by atoms with van der Waals surface area (Å²) in [5, 5.41) is 3.38. The molecule has 1 N–H and O–H groups in total. The number of amides is 1. The Balaban J connectivity index is 2.25. The number of rotatable bonds is 2. The molecule has 0 aliphatic heterocycles. The number of carbonyl (C=O) groups excluding carboxylic acids is 1. The molecule has 0 aliphatic rings. The second kappa shape index (κ2) is 5.90. The molecule has 0 heterocycles. The summed E-state index contributed by atoms with van der Waals surface area (Å²) in [6.45, 7) is 0. The second-order valence-corrected chi connectivity index (χ2v) is 5.41. The zero-order chi connectivity index (χ0) is 14.0. The van der Waals surface area contributed by atoms with E-state index >= 15 is 0 Å². The molecule has 2 aromatic rings. The highest BCUT2D eigenvalue weighted by Gasteiger charge is 2.11. The Hall–Kier alpha value is -1.10. The molecule has 0 unspecified atom stereocenters. The summed E-state index contributed by atoms with van der Waals surface area (Å²) in [7, 11) is 0. The van der Waals surface area contributed by atoms with Crippen molar-refractivity contribution in [1.82, 2.24) is 0 Å². The summed E-state index contributed by atoms with van der Waals surface area (Å²) in [5.41, 5.74) is 0.569. The van der Waals surface area contributed by atoms with Gasteiger partial charge >= 0.3 is 0 Å². The van der Waals surface area contributed by atoms with Crippen molar-refractivity contribution in [3.63, 3.8) is 0 Å². The van der Waals surface area contributed by atoms with E-state index in [0.29, 0.717) is 20.2 Å². The van der Waals surface area contributed by atoms with Crippen LogP contribution in [-0.2, 0) is 0 Å². The Morgan fingerprint density at radius 1 is 1.16 bits per heavy atom. The summed E-state index contributed by atoms with van der Waals surface area (Å²) in [6, 6.07) is 8.81. The molecule has 2 rings (SSSR count). The Labute approximate surface area is 127 Å². The van der Waals surface area contributed by atoms with Gasteiger partial charge in [-0.3, -0.25) is 4.79 Å². The summed E-state index contributed by atoms with van der Waals surface area (Å²) < 4.78 is 13.6. The summed E-state index contributed by atoms with van der Waals surface area (Å²) in [5.74, 6) is -0.972. The Morgan fingerprint density at radius 3 is 2.58 bits per heavy atom. The van der Waals surface area contributed by atoms with Crippen LogP contribution in [0.4, 0.5) is 10.1 Å². The van der Waals surface area contributed by atoms with Crippen LogP contribution < -0.4 is 5.32 Å². The Morgan fingerprint density at radius 2 is 1.89 bits per heavy atom. The summed E-state index contributed by atoms with van der Waals surface area (Å²) in [4.78, 5) is 11.9. The number of benzene rings is 2. The largest absolute Gasteiger partial charge is 0.321 e. The van der Waals surface area contributed by atoms with Gasteiger partial charge < -0.3 is 5.32 Å². The molecule has 1 amide bonds. The molecule has 6 heteroatoms. The molecular weight excluding hydrogens is 356 g/mol. The second-order valence-electron chi connectivity index (χ2n) is 3.71. The fourth-order valence-corrected chi connectivity index (χ4v) is 2.01. The fourth-order valence-electron chi connectivity index (χ4n) is 1.43. The number of hydrogen-bond acceptors (Lipinski definition) is 1. The van der Waals surface area contributed by atoms with Crippen molar-refractivity contribution in [2.45, 2.75) is 0 Å². The van der Waals surface area contributed by atoms with Gasteiger partial charge in [0.2, 0.25) is 0 Å². The molecule has 0 fully saturated rings. The third-order valence-corrected chi connectivity index (χ3v) is 3.57. The maximum absolute atomic E-state index is 13.3. The molecule has 2 nitrogen and oxygen atoms in total. The van der Waals surface area contributed by atoms with Crippen LogP contribution in [0.2, 0.25) is 10.0 Å². The fraction of sp³-hybridized carbons (Fsp3) is 0. The molecule has 0 saturated carbocycles. The molecule has 0 bridgehead atoms. The van der Waals surface area contributed by atoms with Crippen molar-refractivity contribution >= 4 is 50.7 Å². The van der Waals surface area contributed by atoms with Crippen LogP contribution >= 0.6 is 39.1 Å². The normalized spacial score (nSPS) is 10.3. The highest BCUT2D eigenvalue weighted by molar-refractivity contribution is 9.10. The molecule has 0 aromatic heterocycles. The van der Waals surface area contributed by atoms with Crippen LogP contribution in [0, 0.1) is 5.82 Å². The van der Waals surface area contributed by atoms with Gasteiger partial charge in [-0.1, -0.05) is 23.2 Å². The van der Waals surface area contributed by atoms with E-state index in [9.17, 15) is 9.18 Å². The van der Waals surface area contributed by atoms with Crippen LogP contribution in [0.1, 0.15) is 10.4 Å². The zero-order valence-electron chi connectivity index (χ0n) is 9.38. The van der Waals surface area contributed by atoms with Gasteiger partial charge in [0.15, 0.2) is 0 Å². The van der Waals surface area contributed by atoms with Gasteiger partial charge in [0.25, 0.3) is 5.91 Å². The lowest BCUT2D eigenvalue weighted by atomic mass is 10.2. The first-order valence-corrected chi connectivity index (χ1v) is 6.74. The van der Waals surface area contributed by atoms with Gasteiger partial charge in [0, 0.05) is 10.6 Å². The Bertz CT molecular complexity index is 649. The van der Waals surface area contributed by atoms with Crippen LogP contribution in [0.3, 0.4) is 0 Å². The van der Waals surface area contributed by atoms with Gasteiger partial charge in [0.05, 0.1) is 15.2 Å². The monoisotopic (exact) mass is 361 g/mol. The summed E-state index contributed by atoms with van der Waals surface area (Å²) >= 11 is 14.8. The maximum Gasteiger partial charge on any atom is 0.255 e. The third-order valence-electron chi connectivity index (χ3n) is 2.36. The average Bonchev–Trinajstić information content (AvgIpc) is 2.37. The first-order chi connectivity index (χ1) is 8.97. The number of anilines is 1. The van der Waals surface area contributed by atoms with Gasteiger partial charge in [-0.2, -0.15) is 0 Å². The minimum Gasteiger partial charge on any atom is -0.321 e. The van der Waals surface area contributed by atoms with E-state index in [1.165, 1.54) is 18.2 Å². The minimum absolute atomic E-state index is 0.191. The van der Waals surface area contributed by atoms with E-state index in [0.717, 1.165) is 6.07 Å². The van der Waals surface area contributed by atoms with Crippen LogP contribution in [0.5, 0.6) is 0 Å². The van der Waals surface area contributed by atoms with E-state index in [-0.39, 0.29) is 5.56 Å². The first-order valence-electron chi connectivity index (χ1n) is 5.19. The molecule has 0 atom stereocenters.